The number of rotatable bonds is 4. The molecule has 29 heavy (non-hydrogen) atoms. The van der Waals surface area contributed by atoms with Crippen molar-refractivity contribution in [3.8, 4) is 5.75 Å². The highest BCUT2D eigenvalue weighted by Crippen LogP contribution is 2.34. The van der Waals surface area contributed by atoms with Gasteiger partial charge in [-0.3, -0.25) is 0 Å². The van der Waals surface area contributed by atoms with Gasteiger partial charge in [0.25, 0.3) is 0 Å². The Morgan fingerprint density at radius 1 is 1.17 bits per heavy atom. The quantitative estimate of drug-likeness (QED) is 0.631. The number of fused-ring (bicyclic) bond motifs is 1. The number of benzene rings is 2. The van der Waals surface area contributed by atoms with Crippen molar-refractivity contribution in [1.82, 2.24) is 14.9 Å². The second kappa shape index (κ2) is 7.67. The van der Waals surface area contributed by atoms with Crippen molar-refractivity contribution in [1.29, 1.82) is 0 Å². The maximum absolute atomic E-state index is 13.1. The molecular formula is C21H20N4O4. The van der Waals surface area contributed by atoms with Crippen LogP contribution in [0.4, 0.5) is 10.5 Å². The number of anilines is 1. The SMILES string of the molecule is COc1ccc([C@@H]2c3nc[nH]c3CCN2C(=O)Nc2ccc(C(=O)O)cc2)cc1. The first-order valence-corrected chi connectivity index (χ1v) is 9.14. The molecular weight excluding hydrogens is 372 g/mol. The number of imidazole rings is 1. The van der Waals surface area contributed by atoms with Crippen LogP contribution < -0.4 is 10.1 Å². The normalized spacial score (nSPS) is 15.5. The molecule has 0 saturated heterocycles. The molecule has 1 aliphatic heterocycles. The van der Waals surface area contributed by atoms with Gasteiger partial charge >= 0.3 is 12.0 Å². The van der Waals surface area contributed by atoms with Gasteiger partial charge in [-0.25, -0.2) is 14.6 Å². The van der Waals surface area contributed by atoms with Crippen LogP contribution in [0.1, 0.15) is 33.4 Å². The third-order valence-electron chi connectivity index (χ3n) is 5.00. The largest absolute Gasteiger partial charge is 0.497 e. The van der Waals surface area contributed by atoms with E-state index in [0.29, 0.717) is 18.7 Å². The van der Waals surface area contributed by atoms with Crippen LogP contribution in [0.2, 0.25) is 0 Å². The molecule has 8 nitrogen and oxygen atoms in total. The fourth-order valence-corrected chi connectivity index (χ4v) is 3.51. The van der Waals surface area contributed by atoms with E-state index in [1.54, 1.807) is 30.5 Å². The van der Waals surface area contributed by atoms with E-state index < -0.39 is 5.97 Å². The van der Waals surface area contributed by atoms with Crippen LogP contribution in [-0.4, -0.2) is 45.6 Å². The van der Waals surface area contributed by atoms with E-state index in [-0.39, 0.29) is 17.6 Å². The van der Waals surface area contributed by atoms with Crippen molar-refractivity contribution in [3.05, 3.63) is 77.4 Å². The lowest BCUT2D eigenvalue weighted by atomic mass is 9.96. The Bertz CT molecular complexity index is 1030. The molecule has 4 rings (SSSR count). The van der Waals surface area contributed by atoms with Crippen molar-refractivity contribution < 1.29 is 19.4 Å². The highest BCUT2D eigenvalue weighted by atomic mass is 16.5. The van der Waals surface area contributed by atoms with Crippen molar-refractivity contribution in [2.75, 3.05) is 19.0 Å². The molecule has 0 saturated carbocycles. The fraction of sp³-hybridized carbons (Fsp3) is 0.190. The summed E-state index contributed by atoms with van der Waals surface area (Å²) in [7, 11) is 1.61. The lowest BCUT2D eigenvalue weighted by molar-refractivity contribution is 0.0697. The van der Waals surface area contributed by atoms with Crippen molar-refractivity contribution >= 4 is 17.7 Å². The summed E-state index contributed by atoms with van der Waals surface area (Å²) >= 11 is 0. The summed E-state index contributed by atoms with van der Waals surface area (Å²) in [5.74, 6) is -0.272. The number of carboxylic acids is 1. The van der Waals surface area contributed by atoms with E-state index >= 15 is 0 Å². The van der Waals surface area contributed by atoms with Gasteiger partial charge in [0.1, 0.15) is 11.8 Å². The summed E-state index contributed by atoms with van der Waals surface area (Å²) in [6.45, 7) is 0.519. The average molecular weight is 392 g/mol. The Kier molecular flexibility index (Phi) is 4.90. The average Bonchev–Trinajstić information content (AvgIpc) is 3.22. The number of carboxylic acid groups (broad SMARTS) is 1. The predicted molar refractivity (Wildman–Crippen MR) is 106 cm³/mol. The number of nitrogens with one attached hydrogen (secondary N) is 2. The van der Waals surface area contributed by atoms with Crippen LogP contribution in [0.5, 0.6) is 5.75 Å². The van der Waals surface area contributed by atoms with Crippen LogP contribution in [0.15, 0.2) is 54.9 Å². The maximum Gasteiger partial charge on any atom is 0.335 e. The fourth-order valence-electron chi connectivity index (χ4n) is 3.51. The standard InChI is InChI=1S/C21H20N4O4/c1-29-16-8-4-13(5-9-16)19-18-17(22-12-23-18)10-11-25(19)21(28)24-15-6-2-14(3-7-15)20(26)27/h2-9,12,19H,10-11H2,1H3,(H,22,23)(H,24,28)(H,26,27)/t19-/m1/s1. The second-order valence-corrected chi connectivity index (χ2v) is 6.70. The molecule has 0 bridgehead atoms. The van der Waals surface area contributed by atoms with Crippen LogP contribution in [0.25, 0.3) is 0 Å². The van der Waals surface area contributed by atoms with Crippen molar-refractivity contribution in [2.24, 2.45) is 0 Å². The topological polar surface area (TPSA) is 108 Å². The molecule has 0 fully saturated rings. The number of carbonyl (C=O) groups excluding carboxylic acids is 1. The van der Waals surface area contributed by atoms with E-state index in [9.17, 15) is 9.59 Å². The van der Waals surface area contributed by atoms with Crippen LogP contribution in [-0.2, 0) is 6.42 Å². The van der Waals surface area contributed by atoms with Gasteiger partial charge < -0.3 is 25.0 Å². The summed E-state index contributed by atoms with van der Waals surface area (Å²) in [4.78, 5) is 33.4. The molecule has 148 valence electrons. The molecule has 1 aliphatic rings. The van der Waals surface area contributed by atoms with Gasteiger partial charge in [-0.1, -0.05) is 12.1 Å². The van der Waals surface area contributed by atoms with Crippen molar-refractivity contribution in [3.63, 3.8) is 0 Å². The molecule has 0 unspecified atom stereocenters. The lowest BCUT2D eigenvalue weighted by Crippen LogP contribution is -2.43. The Balaban J connectivity index is 1.61. The van der Waals surface area contributed by atoms with E-state index in [1.165, 1.54) is 12.1 Å². The number of aromatic nitrogens is 2. The van der Waals surface area contributed by atoms with Crippen molar-refractivity contribution in [2.45, 2.75) is 12.5 Å². The summed E-state index contributed by atoms with van der Waals surface area (Å²) in [6.07, 6.45) is 2.32. The zero-order valence-corrected chi connectivity index (χ0v) is 15.8. The number of aromatic carboxylic acids is 1. The first kappa shape index (κ1) is 18.5. The smallest absolute Gasteiger partial charge is 0.335 e. The first-order chi connectivity index (χ1) is 14.1. The van der Waals surface area contributed by atoms with E-state index in [2.05, 4.69) is 15.3 Å². The minimum atomic E-state index is -1.01. The van der Waals surface area contributed by atoms with Gasteiger partial charge in [0.15, 0.2) is 0 Å². The Morgan fingerprint density at radius 2 is 1.90 bits per heavy atom. The van der Waals surface area contributed by atoms with Crippen LogP contribution >= 0.6 is 0 Å². The van der Waals surface area contributed by atoms with Gasteiger partial charge in [0.2, 0.25) is 0 Å². The van der Waals surface area contributed by atoms with Gasteiger partial charge in [-0.05, 0) is 42.0 Å². The van der Waals surface area contributed by atoms with E-state index in [4.69, 9.17) is 9.84 Å². The molecule has 0 radical (unpaired) electrons. The number of ether oxygens (including phenoxy) is 1. The van der Waals surface area contributed by atoms with Gasteiger partial charge in [-0.2, -0.15) is 0 Å². The van der Waals surface area contributed by atoms with E-state index in [0.717, 1.165) is 22.7 Å². The lowest BCUT2D eigenvalue weighted by Gasteiger charge is -2.35. The molecule has 2 amide bonds. The zero-order chi connectivity index (χ0) is 20.4. The molecule has 2 aromatic carbocycles. The molecule has 1 aromatic heterocycles. The van der Waals surface area contributed by atoms with E-state index in [1.807, 2.05) is 24.3 Å². The molecule has 0 spiro atoms. The Labute approximate surface area is 167 Å². The number of aromatic amines is 1. The van der Waals surface area contributed by atoms with Gasteiger partial charge in [0, 0.05) is 24.3 Å². The highest BCUT2D eigenvalue weighted by Gasteiger charge is 2.34. The Morgan fingerprint density at radius 3 is 2.55 bits per heavy atom. The zero-order valence-electron chi connectivity index (χ0n) is 15.8. The summed E-state index contributed by atoms with van der Waals surface area (Å²) in [5.41, 5.74) is 3.45. The van der Waals surface area contributed by atoms with Crippen LogP contribution in [0, 0.1) is 0 Å². The van der Waals surface area contributed by atoms with Crippen LogP contribution in [0.3, 0.4) is 0 Å². The number of amides is 2. The minimum absolute atomic E-state index is 0.165. The third-order valence-corrected chi connectivity index (χ3v) is 5.00. The number of hydrogen-bond acceptors (Lipinski definition) is 4. The monoisotopic (exact) mass is 392 g/mol. The summed E-state index contributed by atoms with van der Waals surface area (Å²) in [5, 5.41) is 11.9. The molecule has 1 atom stereocenters. The van der Waals surface area contributed by atoms with Gasteiger partial charge in [0.05, 0.1) is 24.7 Å². The maximum atomic E-state index is 13.1. The molecule has 3 aromatic rings. The number of urea groups is 1. The summed E-state index contributed by atoms with van der Waals surface area (Å²) in [6, 6.07) is 13.0. The molecule has 8 heteroatoms. The number of methoxy groups -OCH3 is 1. The number of carbonyl (C=O) groups is 2. The number of nitrogens with zero attached hydrogens (tertiary/aromatic N) is 2. The molecule has 2 heterocycles. The first-order valence-electron chi connectivity index (χ1n) is 9.14. The molecule has 3 N–H and O–H groups in total. The highest BCUT2D eigenvalue weighted by molar-refractivity contribution is 5.92. The number of H-pyrrole nitrogens is 1. The number of hydrogen-bond donors (Lipinski definition) is 3. The minimum Gasteiger partial charge on any atom is -0.497 e. The third kappa shape index (κ3) is 3.64. The second-order valence-electron chi connectivity index (χ2n) is 6.70. The summed E-state index contributed by atoms with van der Waals surface area (Å²) < 4.78 is 5.23. The predicted octanol–water partition coefficient (Wildman–Crippen LogP) is 3.30. The van der Waals surface area contributed by atoms with Gasteiger partial charge in [-0.15, -0.1) is 0 Å². The Hall–Kier alpha value is -3.81. The molecule has 0 aliphatic carbocycles.